The largest absolute Gasteiger partial charge is 0.507 e. The number of Topliss-reactive ketones (excluding diaryl/α,β-unsaturated/α-hetero) is 1. The fourth-order valence-electron chi connectivity index (χ4n) is 4.82. The number of pyridine rings is 1. The number of nitrogens with zero attached hydrogens (tertiary/aromatic N) is 3. The lowest BCUT2D eigenvalue weighted by molar-refractivity contribution is -0.142. The van der Waals surface area contributed by atoms with E-state index < -0.39 is 29.6 Å². The van der Waals surface area contributed by atoms with E-state index in [-0.39, 0.29) is 40.3 Å². The van der Waals surface area contributed by atoms with E-state index >= 15 is 0 Å². The molecular weight excluding hydrogens is 502 g/mol. The second-order valence-electron chi connectivity index (χ2n) is 8.60. The first-order valence-corrected chi connectivity index (χ1v) is 12.2. The molecule has 2 fully saturated rings. The summed E-state index contributed by atoms with van der Waals surface area (Å²) in [6.07, 6.45) is 3.63. The highest BCUT2D eigenvalue weighted by Gasteiger charge is 2.49. The maximum Gasteiger partial charge on any atom is 0.409 e. The van der Waals surface area contributed by atoms with Gasteiger partial charge in [-0.3, -0.25) is 14.6 Å². The smallest absolute Gasteiger partial charge is 0.409 e. The van der Waals surface area contributed by atoms with Crippen LogP contribution in [0.1, 0.15) is 36.9 Å². The van der Waals surface area contributed by atoms with Crippen LogP contribution in [-0.4, -0.2) is 77.6 Å². The average Bonchev–Trinajstić information content (AvgIpc) is 3.18. The van der Waals surface area contributed by atoms with Gasteiger partial charge in [0.1, 0.15) is 17.3 Å². The third kappa shape index (κ3) is 4.93. The minimum absolute atomic E-state index is 0.0894. The van der Waals surface area contributed by atoms with Gasteiger partial charge in [0.2, 0.25) is 0 Å². The first-order chi connectivity index (χ1) is 17.8. The third-order valence-corrected chi connectivity index (χ3v) is 6.89. The van der Waals surface area contributed by atoms with Crippen LogP contribution in [0.5, 0.6) is 11.5 Å². The molecular formula is C26H28ClN3O7. The van der Waals surface area contributed by atoms with Crippen molar-refractivity contribution in [2.24, 2.45) is 0 Å². The van der Waals surface area contributed by atoms with Crippen LogP contribution in [-0.2, 0) is 14.3 Å². The van der Waals surface area contributed by atoms with E-state index in [1.807, 2.05) is 0 Å². The lowest BCUT2D eigenvalue weighted by atomic mass is 9.94. The summed E-state index contributed by atoms with van der Waals surface area (Å²) in [4.78, 5) is 46.2. The van der Waals surface area contributed by atoms with Crippen molar-refractivity contribution >= 4 is 35.1 Å². The van der Waals surface area contributed by atoms with Crippen LogP contribution in [0.3, 0.4) is 0 Å². The van der Waals surface area contributed by atoms with Crippen molar-refractivity contribution in [3.63, 3.8) is 0 Å². The first-order valence-electron chi connectivity index (χ1n) is 11.9. The van der Waals surface area contributed by atoms with Crippen LogP contribution in [0.25, 0.3) is 5.76 Å². The van der Waals surface area contributed by atoms with Crippen LogP contribution in [0.2, 0.25) is 5.02 Å². The Kier molecular flexibility index (Phi) is 7.87. The Morgan fingerprint density at radius 1 is 1.16 bits per heavy atom. The highest BCUT2D eigenvalue weighted by atomic mass is 35.5. The van der Waals surface area contributed by atoms with Crippen molar-refractivity contribution in [1.82, 2.24) is 14.8 Å². The highest BCUT2D eigenvalue weighted by molar-refractivity contribution is 6.46. The zero-order chi connectivity index (χ0) is 26.7. The molecule has 1 atom stereocenters. The summed E-state index contributed by atoms with van der Waals surface area (Å²) in [5, 5.41) is 11.7. The molecule has 2 aliphatic heterocycles. The summed E-state index contributed by atoms with van der Waals surface area (Å²) in [7, 11) is 2.83. The third-order valence-electron chi connectivity index (χ3n) is 6.59. The van der Waals surface area contributed by atoms with Gasteiger partial charge in [-0.15, -0.1) is 0 Å². The minimum Gasteiger partial charge on any atom is -0.507 e. The van der Waals surface area contributed by atoms with Crippen molar-refractivity contribution in [2.75, 3.05) is 33.9 Å². The Bertz CT molecular complexity index is 1230. The monoisotopic (exact) mass is 529 g/mol. The molecule has 1 aromatic carbocycles. The molecule has 3 heterocycles. The number of aromatic nitrogens is 1. The number of hydrogen-bond acceptors (Lipinski definition) is 8. The number of aliphatic hydroxyl groups is 1. The van der Waals surface area contributed by atoms with Crippen molar-refractivity contribution in [3.05, 3.63) is 58.4 Å². The van der Waals surface area contributed by atoms with E-state index in [1.165, 1.54) is 31.3 Å². The fourth-order valence-corrected chi connectivity index (χ4v) is 5.05. The number of aliphatic hydroxyl groups excluding tert-OH is 1. The number of ether oxygens (including phenoxy) is 3. The molecule has 0 radical (unpaired) electrons. The maximum atomic E-state index is 13.4. The van der Waals surface area contributed by atoms with Crippen molar-refractivity contribution in [3.8, 4) is 11.5 Å². The molecule has 0 spiro atoms. The van der Waals surface area contributed by atoms with Gasteiger partial charge in [0, 0.05) is 37.6 Å². The quantitative estimate of drug-likeness (QED) is 0.341. The van der Waals surface area contributed by atoms with Gasteiger partial charge in [0.05, 0.1) is 43.0 Å². The number of rotatable bonds is 6. The van der Waals surface area contributed by atoms with E-state index in [0.29, 0.717) is 31.5 Å². The van der Waals surface area contributed by atoms with Crippen LogP contribution in [0.4, 0.5) is 4.79 Å². The summed E-state index contributed by atoms with van der Waals surface area (Å²) in [6, 6.07) is 5.14. The van der Waals surface area contributed by atoms with Crippen molar-refractivity contribution in [1.29, 1.82) is 0 Å². The minimum atomic E-state index is -0.890. The molecule has 10 nitrogen and oxygen atoms in total. The number of ketones is 1. The van der Waals surface area contributed by atoms with Gasteiger partial charge in [-0.1, -0.05) is 17.7 Å². The van der Waals surface area contributed by atoms with E-state index in [4.69, 9.17) is 25.8 Å². The van der Waals surface area contributed by atoms with Gasteiger partial charge in [0.15, 0.2) is 0 Å². The summed E-state index contributed by atoms with van der Waals surface area (Å²) < 4.78 is 15.8. The van der Waals surface area contributed by atoms with Gasteiger partial charge in [-0.25, -0.2) is 4.79 Å². The summed E-state index contributed by atoms with van der Waals surface area (Å²) in [5.41, 5.74) is 0.636. The Morgan fingerprint density at radius 2 is 1.86 bits per heavy atom. The molecule has 0 aliphatic carbocycles. The fraction of sp³-hybridized carbons (Fsp3) is 0.385. The Labute approximate surface area is 219 Å². The van der Waals surface area contributed by atoms with Crippen LogP contribution >= 0.6 is 11.6 Å². The van der Waals surface area contributed by atoms with Crippen molar-refractivity contribution in [2.45, 2.75) is 31.8 Å². The number of hydrogen-bond donors (Lipinski definition) is 1. The number of benzene rings is 1. The SMILES string of the molecule is CCOC(=O)N1CCC(N2C(=O)C(=O)/C(=C(/O)c3cc(OC)c(Cl)cc3OC)C2c2cccnc2)CC1. The zero-order valence-electron chi connectivity index (χ0n) is 20.8. The zero-order valence-corrected chi connectivity index (χ0v) is 21.5. The molecule has 4 rings (SSSR count). The number of methoxy groups -OCH3 is 2. The van der Waals surface area contributed by atoms with Gasteiger partial charge in [-0.2, -0.15) is 0 Å². The topological polar surface area (TPSA) is 119 Å². The Morgan fingerprint density at radius 3 is 2.46 bits per heavy atom. The molecule has 196 valence electrons. The Balaban J connectivity index is 1.79. The molecule has 1 unspecified atom stereocenters. The van der Waals surface area contributed by atoms with Gasteiger partial charge < -0.3 is 29.1 Å². The molecule has 1 N–H and O–H groups in total. The van der Waals surface area contributed by atoms with Crippen molar-refractivity contribution < 1.29 is 33.7 Å². The molecule has 0 saturated carbocycles. The molecule has 11 heteroatoms. The second kappa shape index (κ2) is 11.1. The van der Waals surface area contributed by atoms with E-state index in [0.717, 1.165) is 0 Å². The second-order valence-corrected chi connectivity index (χ2v) is 9.00. The summed E-state index contributed by atoms with van der Waals surface area (Å²) >= 11 is 6.22. The van der Waals surface area contributed by atoms with Gasteiger partial charge >= 0.3 is 6.09 Å². The molecule has 1 aromatic heterocycles. The van der Waals surface area contributed by atoms with Crippen LogP contribution < -0.4 is 9.47 Å². The van der Waals surface area contributed by atoms with E-state index in [2.05, 4.69) is 4.98 Å². The number of halogens is 1. The molecule has 0 bridgehead atoms. The molecule has 2 saturated heterocycles. The molecule has 2 aliphatic rings. The number of carbonyl (C=O) groups excluding carboxylic acids is 3. The predicted octanol–water partition coefficient (Wildman–Crippen LogP) is 3.79. The lowest BCUT2D eigenvalue weighted by Gasteiger charge is -2.38. The number of carbonyl (C=O) groups is 3. The van der Waals surface area contributed by atoms with Gasteiger partial charge in [-0.05, 0) is 37.5 Å². The number of amides is 2. The predicted molar refractivity (Wildman–Crippen MR) is 135 cm³/mol. The van der Waals surface area contributed by atoms with E-state index in [9.17, 15) is 19.5 Å². The summed E-state index contributed by atoms with van der Waals surface area (Å²) in [6.45, 7) is 2.75. The number of piperidine rings is 1. The average molecular weight is 530 g/mol. The first kappa shape index (κ1) is 26.3. The molecule has 37 heavy (non-hydrogen) atoms. The van der Waals surface area contributed by atoms with E-state index in [1.54, 1.807) is 36.4 Å². The van der Waals surface area contributed by atoms with Crippen LogP contribution in [0, 0.1) is 0 Å². The van der Waals surface area contributed by atoms with Crippen LogP contribution in [0.15, 0.2) is 42.2 Å². The highest BCUT2D eigenvalue weighted by Crippen LogP contribution is 2.44. The molecule has 2 amide bonds. The standard InChI is InChI=1S/C26H28ClN3O7/c1-4-37-26(34)29-10-7-16(8-11-29)30-22(15-6-5-9-28-14-15)21(24(32)25(30)33)23(31)17-12-20(36-3)18(27)13-19(17)35-2/h5-6,9,12-14,16,22,31H,4,7-8,10-11H2,1-3H3/b23-21+. The Hall–Kier alpha value is -3.79. The summed E-state index contributed by atoms with van der Waals surface area (Å²) in [5.74, 6) is -1.49. The lowest BCUT2D eigenvalue weighted by Crippen LogP contribution is -2.48. The number of likely N-dealkylation sites (tertiary alicyclic amines) is 2. The molecule has 2 aromatic rings. The normalized spacial score (nSPS) is 19.7. The maximum absolute atomic E-state index is 13.4. The van der Waals surface area contributed by atoms with Gasteiger partial charge in [0.25, 0.3) is 11.7 Å².